The Morgan fingerprint density at radius 3 is 2.84 bits per heavy atom. The van der Waals surface area contributed by atoms with Crippen molar-refractivity contribution in [3.63, 3.8) is 0 Å². The fourth-order valence-corrected chi connectivity index (χ4v) is 2.69. The first-order chi connectivity index (χ1) is 12.1. The second-order valence-corrected chi connectivity index (χ2v) is 5.83. The highest BCUT2D eigenvalue weighted by Crippen LogP contribution is 2.33. The molecule has 128 valence electrons. The van der Waals surface area contributed by atoms with Crippen LogP contribution in [0.15, 0.2) is 36.4 Å². The molecule has 1 unspecified atom stereocenters. The number of hydrogen-bond acceptors (Lipinski definition) is 5. The Balaban J connectivity index is 1.44. The van der Waals surface area contributed by atoms with Gasteiger partial charge in [-0.3, -0.25) is 9.59 Å². The van der Waals surface area contributed by atoms with Crippen LogP contribution < -0.4 is 24.8 Å². The van der Waals surface area contributed by atoms with Crippen LogP contribution in [0.2, 0.25) is 0 Å². The lowest BCUT2D eigenvalue weighted by atomic mass is 10.1. The second kappa shape index (κ2) is 6.01. The van der Waals surface area contributed by atoms with Crippen LogP contribution >= 0.6 is 0 Å². The minimum Gasteiger partial charge on any atom is -0.479 e. The van der Waals surface area contributed by atoms with Crippen molar-refractivity contribution in [1.82, 2.24) is 5.32 Å². The number of anilines is 1. The monoisotopic (exact) mass is 340 g/mol. The van der Waals surface area contributed by atoms with Crippen molar-refractivity contribution >= 4 is 17.5 Å². The van der Waals surface area contributed by atoms with Gasteiger partial charge < -0.3 is 24.8 Å². The summed E-state index contributed by atoms with van der Waals surface area (Å²) in [7, 11) is 0. The molecule has 2 heterocycles. The highest BCUT2D eigenvalue weighted by atomic mass is 16.7. The molecule has 2 aromatic rings. The summed E-state index contributed by atoms with van der Waals surface area (Å²) in [4.78, 5) is 24.0. The minimum atomic E-state index is -0.510. The molecule has 7 heteroatoms. The first-order valence-electron chi connectivity index (χ1n) is 7.88. The second-order valence-electron chi connectivity index (χ2n) is 5.83. The zero-order chi connectivity index (χ0) is 17.4. The van der Waals surface area contributed by atoms with Gasteiger partial charge in [-0.1, -0.05) is 6.07 Å². The molecule has 0 saturated carbocycles. The van der Waals surface area contributed by atoms with Gasteiger partial charge in [-0.2, -0.15) is 0 Å². The van der Waals surface area contributed by atoms with E-state index < -0.39 is 6.10 Å². The van der Waals surface area contributed by atoms with Crippen molar-refractivity contribution in [2.24, 2.45) is 0 Å². The summed E-state index contributed by atoms with van der Waals surface area (Å²) in [6.07, 6.45) is -0.510. The molecule has 1 atom stereocenters. The average Bonchev–Trinajstić information content (AvgIpc) is 3.08. The molecule has 7 nitrogen and oxygen atoms in total. The number of carbonyl (C=O) groups excluding carboxylic acids is 2. The molecular formula is C18H16N2O5. The Bertz CT molecular complexity index is 865. The maximum Gasteiger partial charge on any atom is 0.265 e. The van der Waals surface area contributed by atoms with E-state index in [2.05, 4.69) is 10.6 Å². The van der Waals surface area contributed by atoms with Crippen LogP contribution in [0, 0.1) is 0 Å². The number of ether oxygens (including phenoxy) is 3. The Kier molecular flexibility index (Phi) is 3.68. The van der Waals surface area contributed by atoms with Crippen molar-refractivity contribution < 1.29 is 23.8 Å². The summed E-state index contributed by atoms with van der Waals surface area (Å²) in [6.45, 7) is 2.19. The zero-order valence-corrected chi connectivity index (χ0v) is 13.5. The molecule has 0 aliphatic carbocycles. The van der Waals surface area contributed by atoms with E-state index in [1.807, 2.05) is 6.07 Å². The van der Waals surface area contributed by atoms with Crippen LogP contribution in [0.5, 0.6) is 17.2 Å². The summed E-state index contributed by atoms with van der Waals surface area (Å²) < 4.78 is 16.0. The molecule has 0 saturated heterocycles. The third-order valence-electron chi connectivity index (χ3n) is 4.06. The van der Waals surface area contributed by atoms with Crippen molar-refractivity contribution in [1.29, 1.82) is 0 Å². The van der Waals surface area contributed by atoms with Gasteiger partial charge >= 0.3 is 0 Å². The maximum atomic E-state index is 12.3. The minimum absolute atomic E-state index is 0.169. The van der Waals surface area contributed by atoms with Crippen LogP contribution in [-0.2, 0) is 11.3 Å². The Labute approximate surface area is 143 Å². The van der Waals surface area contributed by atoms with Gasteiger partial charge in [-0.15, -0.1) is 0 Å². The number of rotatable bonds is 3. The van der Waals surface area contributed by atoms with Gasteiger partial charge in [0.1, 0.15) is 5.75 Å². The van der Waals surface area contributed by atoms with E-state index in [0.717, 1.165) is 5.56 Å². The molecule has 2 aliphatic heterocycles. The van der Waals surface area contributed by atoms with Gasteiger partial charge in [0, 0.05) is 12.1 Å². The largest absolute Gasteiger partial charge is 0.479 e. The van der Waals surface area contributed by atoms with Gasteiger partial charge in [0.05, 0.1) is 5.69 Å². The standard InChI is InChI=1S/C18H16N2O5/c1-10-17(21)20-13-6-11(2-4-14(13)25-10)8-19-18(22)12-3-5-15-16(7-12)24-9-23-15/h2-7,10H,8-9H2,1H3,(H,19,22)(H,20,21). The van der Waals surface area contributed by atoms with E-state index in [9.17, 15) is 9.59 Å². The molecule has 2 amide bonds. The smallest absolute Gasteiger partial charge is 0.265 e. The Morgan fingerprint density at radius 1 is 1.16 bits per heavy atom. The van der Waals surface area contributed by atoms with Crippen LogP contribution in [0.4, 0.5) is 5.69 Å². The lowest BCUT2D eigenvalue weighted by Gasteiger charge is -2.23. The first-order valence-corrected chi connectivity index (χ1v) is 7.88. The molecule has 0 fully saturated rings. The van der Waals surface area contributed by atoms with Crippen molar-refractivity contribution in [2.75, 3.05) is 12.1 Å². The number of fused-ring (bicyclic) bond motifs is 2. The molecule has 2 aromatic carbocycles. The Hall–Kier alpha value is -3.22. The highest BCUT2D eigenvalue weighted by molar-refractivity contribution is 5.97. The summed E-state index contributed by atoms with van der Waals surface area (Å²) >= 11 is 0. The normalized spacial score (nSPS) is 17.3. The van der Waals surface area contributed by atoms with E-state index in [0.29, 0.717) is 35.0 Å². The number of nitrogens with one attached hydrogen (secondary N) is 2. The molecule has 2 N–H and O–H groups in total. The van der Waals surface area contributed by atoms with Crippen molar-refractivity contribution in [3.05, 3.63) is 47.5 Å². The SMILES string of the molecule is CC1Oc2ccc(CNC(=O)c3ccc4c(c3)OCO4)cc2NC1=O. The average molecular weight is 340 g/mol. The summed E-state index contributed by atoms with van der Waals surface area (Å²) in [5.41, 5.74) is 1.96. The van der Waals surface area contributed by atoms with E-state index in [1.165, 1.54) is 0 Å². The van der Waals surface area contributed by atoms with Crippen molar-refractivity contribution in [3.8, 4) is 17.2 Å². The molecule has 25 heavy (non-hydrogen) atoms. The zero-order valence-electron chi connectivity index (χ0n) is 13.5. The van der Waals surface area contributed by atoms with Gasteiger partial charge in [0.25, 0.3) is 11.8 Å². The van der Waals surface area contributed by atoms with E-state index in [-0.39, 0.29) is 18.6 Å². The fourth-order valence-electron chi connectivity index (χ4n) is 2.69. The highest BCUT2D eigenvalue weighted by Gasteiger charge is 2.23. The molecule has 0 radical (unpaired) electrons. The summed E-state index contributed by atoms with van der Waals surface area (Å²) in [5.74, 6) is 1.42. The fraction of sp³-hybridized carbons (Fsp3) is 0.222. The van der Waals surface area contributed by atoms with E-state index >= 15 is 0 Å². The van der Waals surface area contributed by atoms with Crippen LogP contribution in [0.1, 0.15) is 22.8 Å². The quantitative estimate of drug-likeness (QED) is 0.893. The molecule has 2 aliphatic rings. The van der Waals surface area contributed by atoms with E-state index in [4.69, 9.17) is 14.2 Å². The molecule has 0 spiro atoms. The summed E-state index contributed by atoms with van der Waals surface area (Å²) in [5, 5.41) is 5.63. The van der Waals surface area contributed by atoms with Gasteiger partial charge in [0.2, 0.25) is 6.79 Å². The molecular weight excluding hydrogens is 324 g/mol. The molecule has 4 rings (SSSR count). The molecule has 0 aromatic heterocycles. The van der Waals surface area contributed by atoms with Gasteiger partial charge in [0.15, 0.2) is 17.6 Å². The lowest BCUT2D eigenvalue weighted by Crippen LogP contribution is -2.34. The predicted octanol–water partition coefficient (Wildman–Crippen LogP) is 2.06. The third-order valence-corrected chi connectivity index (χ3v) is 4.06. The third kappa shape index (κ3) is 2.96. The first kappa shape index (κ1) is 15.3. The van der Waals surface area contributed by atoms with Crippen LogP contribution in [-0.4, -0.2) is 24.7 Å². The molecule has 0 bridgehead atoms. The number of benzene rings is 2. The predicted molar refractivity (Wildman–Crippen MR) is 88.9 cm³/mol. The number of hydrogen-bond donors (Lipinski definition) is 2. The van der Waals surface area contributed by atoms with Crippen LogP contribution in [0.25, 0.3) is 0 Å². The number of carbonyl (C=O) groups is 2. The van der Waals surface area contributed by atoms with Gasteiger partial charge in [-0.05, 0) is 42.8 Å². The van der Waals surface area contributed by atoms with Gasteiger partial charge in [-0.25, -0.2) is 0 Å². The lowest BCUT2D eigenvalue weighted by molar-refractivity contribution is -0.122. The van der Waals surface area contributed by atoms with E-state index in [1.54, 1.807) is 37.3 Å². The summed E-state index contributed by atoms with van der Waals surface area (Å²) in [6, 6.07) is 10.5. The number of amides is 2. The Morgan fingerprint density at radius 2 is 1.96 bits per heavy atom. The topological polar surface area (TPSA) is 85.9 Å². The van der Waals surface area contributed by atoms with Crippen LogP contribution in [0.3, 0.4) is 0 Å². The maximum absolute atomic E-state index is 12.3. The van der Waals surface area contributed by atoms with Crippen molar-refractivity contribution in [2.45, 2.75) is 19.6 Å².